The number of ether oxygens (including phenoxy) is 1. The Kier molecular flexibility index (Phi) is 4.11. The van der Waals surface area contributed by atoms with Crippen molar-refractivity contribution in [1.29, 1.82) is 0 Å². The van der Waals surface area contributed by atoms with Gasteiger partial charge >= 0.3 is 0 Å². The fourth-order valence-electron chi connectivity index (χ4n) is 3.84. The predicted octanol–water partition coefficient (Wildman–Crippen LogP) is 2.57. The Morgan fingerprint density at radius 3 is 2.78 bits per heavy atom. The zero-order valence-corrected chi connectivity index (χ0v) is 13.1. The first-order valence-corrected chi connectivity index (χ1v) is 8.34. The minimum atomic E-state index is 0.299. The zero-order chi connectivity index (χ0) is 15.5. The van der Waals surface area contributed by atoms with Gasteiger partial charge in [0.15, 0.2) is 0 Å². The number of aromatic nitrogens is 2. The van der Waals surface area contributed by atoms with Crippen molar-refractivity contribution in [2.24, 2.45) is 5.92 Å². The largest absolute Gasteiger partial charge is 0.383 e. The smallest absolute Gasteiger partial charge is 0.0823 e. The van der Waals surface area contributed by atoms with E-state index in [0.29, 0.717) is 18.1 Å². The van der Waals surface area contributed by atoms with Crippen molar-refractivity contribution in [2.75, 3.05) is 29.9 Å². The van der Waals surface area contributed by atoms with Gasteiger partial charge in [-0.15, -0.1) is 0 Å². The maximum absolute atomic E-state index is 6.14. The quantitative estimate of drug-likeness (QED) is 0.940. The SMILES string of the molecule is c1cncc(NCC2CCC3C2OCCN3c2cccnc2)c1. The summed E-state index contributed by atoms with van der Waals surface area (Å²) in [4.78, 5) is 10.9. The number of rotatable bonds is 4. The summed E-state index contributed by atoms with van der Waals surface area (Å²) in [6.07, 6.45) is 10.1. The lowest BCUT2D eigenvalue weighted by molar-refractivity contribution is 0.00136. The Bertz CT molecular complexity index is 621. The Labute approximate surface area is 136 Å². The van der Waals surface area contributed by atoms with Crippen molar-refractivity contribution in [3.8, 4) is 0 Å². The Balaban J connectivity index is 1.43. The fourth-order valence-corrected chi connectivity index (χ4v) is 3.84. The molecular formula is C18H22N4O. The van der Waals surface area contributed by atoms with Crippen molar-refractivity contribution in [1.82, 2.24) is 9.97 Å². The van der Waals surface area contributed by atoms with Gasteiger partial charge in [0.25, 0.3) is 0 Å². The fraction of sp³-hybridized carbons (Fsp3) is 0.444. The van der Waals surface area contributed by atoms with Crippen molar-refractivity contribution in [2.45, 2.75) is 25.0 Å². The molecule has 1 saturated carbocycles. The van der Waals surface area contributed by atoms with Crippen molar-refractivity contribution in [3.63, 3.8) is 0 Å². The molecule has 2 aliphatic rings. The third-order valence-corrected chi connectivity index (χ3v) is 4.93. The third-order valence-electron chi connectivity index (χ3n) is 4.93. The number of hydrogen-bond donors (Lipinski definition) is 1. The first-order valence-electron chi connectivity index (χ1n) is 8.34. The monoisotopic (exact) mass is 310 g/mol. The molecule has 1 aliphatic carbocycles. The van der Waals surface area contributed by atoms with Gasteiger partial charge in [0.05, 0.1) is 36.3 Å². The van der Waals surface area contributed by atoms with Gasteiger partial charge in [0.1, 0.15) is 0 Å². The van der Waals surface area contributed by atoms with Crippen LogP contribution in [0.2, 0.25) is 0 Å². The molecule has 120 valence electrons. The van der Waals surface area contributed by atoms with Gasteiger partial charge in [0.2, 0.25) is 0 Å². The van der Waals surface area contributed by atoms with Crippen molar-refractivity contribution in [3.05, 3.63) is 49.1 Å². The normalized spacial score (nSPS) is 26.8. The van der Waals surface area contributed by atoms with Crippen LogP contribution in [0.25, 0.3) is 0 Å². The Morgan fingerprint density at radius 1 is 1.13 bits per heavy atom. The molecule has 1 saturated heterocycles. The molecule has 2 aromatic heterocycles. The molecule has 0 bridgehead atoms. The molecule has 1 N–H and O–H groups in total. The predicted molar refractivity (Wildman–Crippen MR) is 90.6 cm³/mol. The molecule has 2 aromatic rings. The number of nitrogens with one attached hydrogen (secondary N) is 1. The number of fused-ring (bicyclic) bond motifs is 1. The van der Waals surface area contributed by atoms with E-state index >= 15 is 0 Å². The van der Waals surface area contributed by atoms with Crippen LogP contribution in [0.5, 0.6) is 0 Å². The highest BCUT2D eigenvalue weighted by molar-refractivity contribution is 5.46. The van der Waals surface area contributed by atoms with E-state index in [1.807, 2.05) is 30.7 Å². The third kappa shape index (κ3) is 3.01. The van der Waals surface area contributed by atoms with Crippen molar-refractivity contribution >= 4 is 11.4 Å². The molecule has 0 aromatic carbocycles. The summed E-state index contributed by atoms with van der Waals surface area (Å²) in [5, 5.41) is 3.50. The van der Waals surface area contributed by atoms with Crippen LogP contribution in [-0.4, -0.2) is 41.8 Å². The highest BCUT2D eigenvalue weighted by atomic mass is 16.5. The standard InChI is InChI=1S/C18H22N4O/c1-3-15(12-19-7-1)21-11-14-5-6-17-18(14)23-10-9-22(17)16-4-2-8-20-13-16/h1-4,7-8,12-14,17-18,21H,5-6,9-11H2. The van der Waals surface area contributed by atoms with Crippen LogP contribution in [0.1, 0.15) is 12.8 Å². The van der Waals surface area contributed by atoms with E-state index in [0.717, 1.165) is 25.4 Å². The van der Waals surface area contributed by atoms with Crippen LogP contribution in [0.4, 0.5) is 11.4 Å². The summed E-state index contributed by atoms with van der Waals surface area (Å²) in [6.45, 7) is 2.68. The molecule has 5 nitrogen and oxygen atoms in total. The number of anilines is 2. The van der Waals surface area contributed by atoms with Crippen LogP contribution >= 0.6 is 0 Å². The summed E-state index contributed by atoms with van der Waals surface area (Å²) in [5.74, 6) is 0.541. The van der Waals surface area contributed by atoms with Crippen LogP contribution in [0.3, 0.4) is 0 Å². The van der Waals surface area contributed by atoms with Crippen molar-refractivity contribution < 1.29 is 4.74 Å². The number of pyridine rings is 2. The average molecular weight is 310 g/mol. The lowest BCUT2D eigenvalue weighted by Gasteiger charge is -2.40. The first kappa shape index (κ1) is 14.5. The number of hydrogen-bond acceptors (Lipinski definition) is 5. The molecule has 0 amide bonds. The highest BCUT2D eigenvalue weighted by Gasteiger charge is 2.42. The lowest BCUT2D eigenvalue weighted by Crippen LogP contribution is -2.51. The van der Waals surface area contributed by atoms with Gasteiger partial charge in [-0.2, -0.15) is 0 Å². The number of morpholine rings is 1. The molecule has 0 radical (unpaired) electrons. The van der Waals surface area contributed by atoms with E-state index in [1.54, 1.807) is 6.20 Å². The first-order chi connectivity index (χ1) is 11.4. The molecular weight excluding hydrogens is 288 g/mol. The summed E-state index contributed by atoms with van der Waals surface area (Å²) in [6, 6.07) is 8.64. The second kappa shape index (κ2) is 6.54. The van der Waals surface area contributed by atoms with E-state index in [1.165, 1.54) is 18.5 Å². The van der Waals surface area contributed by atoms with Crippen LogP contribution in [-0.2, 0) is 4.74 Å². The summed E-state index contributed by atoms with van der Waals surface area (Å²) in [5.41, 5.74) is 2.29. The van der Waals surface area contributed by atoms with Gasteiger partial charge in [-0.3, -0.25) is 9.97 Å². The Hall–Kier alpha value is -2.14. The maximum Gasteiger partial charge on any atom is 0.0823 e. The highest BCUT2D eigenvalue weighted by Crippen LogP contribution is 2.36. The van der Waals surface area contributed by atoms with E-state index in [-0.39, 0.29) is 0 Å². The van der Waals surface area contributed by atoms with E-state index in [4.69, 9.17) is 4.74 Å². The molecule has 2 fully saturated rings. The minimum absolute atomic E-state index is 0.299. The van der Waals surface area contributed by atoms with E-state index < -0.39 is 0 Å². The van der Waals surface area contributed by atoms with Gasteiger partial charge in [-0.1, -0.05) is 0 Å². The second-order valence-corrected chi connectivity index (χ2v) is 6.27. The maximum atomic E-state index is 6.14. The topological polar surface area (TPSA) is 50.3 Å². The molecule has 23 heavy (non-hydrogen) atoms. The van der Waals surface area contributed by atoms with Gasteiger partial charge in [-0.25, -0.2) is 0 Å². The summed E-state index contributed by atoms with van der Waals surface area (Å²) in [7, 11) is 0. The van der Waals surface area contributed by atoms with Gasteiger partial charge in [-0.05, 0) is 37.1 Å². The molecule has 3 unspecified atom stereocenters. The van der Waals surface area contributed by atoms with Gasteiger partial charge in [0, 0.05) is 37.6 Å². The van der Waals surface area contributed by atoms with Gasteiger partial charge < -0.3 is 15.0 Å². The van der Waals surface area contributed by atoms with Crippen LogP contribution in [0.15, 0.2) is 49.1 Å². The summed E-state index contributed by atoms with van der Waals surface area (Å²) < 4.78 is 6.14. The molecule has 3 atom stereocenters. The molecule has 4 rings (SSSR count). The lowest BCUT2D eigenvalue weighted by atomic mass is 10.0. The van der Waals surface area contributed by atoms with Crippen LogP contribution in [0, 0.1) is 5.92 Å². The molecule has 0 spiro atoms. The van der Waals surface area contributed by atoms with E-state index in [2.05, 4.69) is 32.3 Å². The van der Waals surface area contributed by atoms with Crippen LogP contribution < -0.4 is 10.2 Å². The summed E-state index contributed by atoms with van der Waals surface area (Å²) >= 11 is 0. The minimum Gasteiger partial charge on any atom is -0.383 e. The Morgan fingerprint density at radius 2 is 2.00 bits per heavy atom. The zero-order valence-electron chi connectivity index (χ0n) is 13.1. The van der Waals surface area contributed by atoms with E-state index in [9.17, 15) is 0 Å². The molecule has 3 heterocycles. The second-order valence-electron chi connectivity index (χ2n) is 6.27. The molecule has 1 aliphatic heterocycles. The molecule has 5 heteroatoms. The average Bonchev–Trinajstić information content (AvgIpc) is 3.05. The number of nitrogens with zero attached hydrogens (tertiary/aromatic N) is 3.